The predicted octanol–water partition coefficient (Wildman–Crippen LogP) is 1.34. The molecule has 1 fully saturated rings. The highest BCUT2D eigenvalue weighted by atomic mass is 16.5. The summed E-state index contributed by atoms with van der Waals surface area (Å²) >= 11 is 0. The van der Waals surface area contributed by atoms with E-state index in [-0.39, 0.29) is 56.6 Å². The van der Waals surface area contributed by atoms with E-state index >= 15 is 0 Å². The van der Waals surface area contributed by atoms with Crippen LogP contribution < -0.4 is 10.1 Å². The second-order valence-electron chi connectivity index (χ2n) is 6.09. The Morgan fingerprint density at radius 1 is 1.22 bits per heavy atom. The van der Waals surface area contributed by atoms with Gasteiger partial charge in [0.2, 0.25) is 17.7 Å². The Morgan fingerprint density at radius 3 is 2.56 bits per heavy atom. The van der Waals surface area contributed by atoms with Crippen LogP contribution in [0.5, 0.6) is 5.75 Å². The van der Waals surface area contributed by atoms with Crippen molar-refractivity contribution in [3.8, 4) is 5.75 Å². The molecule has 27 heavy (non-hydrogen) atoms. The molecule has 1 atom stereocenters. The molecule has 1 saturated heterocycles. The number of benzene rings is 1. The molecule has 0 aliphatic carbocycles. The van der Waals surface area contributed by atoms with Gasteiger partial charge in [0.25, 0.3) is 0 Å². The number of amides is 3. The average Bonchev–Trinajstić information content (AvgIpc) is 2.97. The Bertz CT molecular complexity index is 702. The minimum absolute atomic E-state index is 0.0270. The van der Waals surface area contributed by atoms with Gasteiger partial charge in [-0.2, -0.15) is 0 Å². The van der Waals surface area contributed by atoms with Gasteiger partial charge in [-0.05, 0) is 24.6 Å². The van der Waals surface area contributed by atoms with Gasteiger partial charge >= 0.3 is 5.97 Å². The van der Waals surface area contributed by atoms with Gasteiger partial charge in [-0.1, -0.05) is 12.1 Å². The molecule has 1 aliphatic heterocycles. The van der Waals surface area contributed by atoms with Crippen LogP contribution in [0.25, 0.3) is 0 Å². The second kappa shape index (κ2) is 9.70. The Kier molecular flexibility index (Phi) is 7.34. The van der Waals surface area contributed by atoms with Crippen LogP contribution >= 0.6 is 0 Å². The van der Waals surface area contributed by atoms with Crippen LogP contribution in [-0.2, 0) is 23.9 Å². The molecule has 0 radical (unpaired) electrons. The summed E-state index contributed by atoms with van der Waals surface area (Å²) in [7, 11) is 1.53. The van der Waals surface area contributed by atoms with Crippen molar-refractivity contribution in [3.63, 3.8) is 0 Å². The molecule has 0 saturated carbocycles. The molecule has 8 heteroatoms. The molecule has 1 heterocycles. The van der Waals surface area contributed by atoms with Crippen LogP contribution in [0.4, 0.5) is 0 Å². The van der Waals surface area contributed by atoms with Gasteiger partial charge in [0.15, 0.2) is 0 Å². The fourth-order valence-electron chi connectivity index (χ4n) is 2.85. The van der Waals surface area contributed by atoms with E-state index in [0.717, 1.165) is 4.90 Å². The predicted molar refractivity (Wildman–Crippen MR) is 95.7 cm³/mol. The van der Waals surface area contributed by atoms with Crippen molar-refractivity contribution in [3.05, 3.63) is 29.8 Å². The zero-order valence-corrected chi connectivity index (χ0v) is 15.5. The summed E-state index contributed by atoms with van der Waals surface area (Å²) in [6.07, 6.45) is 0.320. The van der Waals surface area contributed by atoms with Crippen molar-refractivity contribution in [2.75, 3.05) is 20.3 Å². The van der Waals surface area contributed by atoms with Gasteiger partial charge in [0.1, 0.15) is 5.75 Å². The number of hydrogen-bond acceptors (Lipinski definition) is 6. The number of methoxy groups -OCH3 is 1. The van der Waals surface area contributed by atoms with Gasteiger partial charge in [-0.25, -0.2) is 0 Å². The maximum atomic E-state index is 12.3. The van der Waals surface area contributed by atoms with Gasteiger partial charge in [0, 0.05) is 25.8 Å². The normalized spacial score (nSPS) is 14.8. The maximum Gasteiger partial charge on any atom is 0.308 e. The average molecular weight is 376 g/mol. The molecule has 2 rings (SSSR count). The topological polar surface area (TPSA) is 102 Å². The number of imide groups is 1. The summed E-state index contributed by atoms with van der Waals surface area (Å²) in [5.41, 5.74) is 0.698. The molecule has 3 amide bonds. The third kappa shape index (κ3) is 5.80. The molecule has 0 aromatic heterocycles. The maximum absolute atomic E-state index is 12.3. The molecule has 1 aliphatic rings. The highest BCUT2D eigenvalue weighted by Gasteiger charge is 2.29. The van der Waals surface area contributed by atoms with E-state index in [2.05, 4.69) is 5.32 Å². The zero-order valence-electron chi connectivity index (χ0n) is 15.5. The number of hydrogen-bond donors (Lipinski definition) is 1. The van der Waals surface area contributed by atoms with Crippen LogP contribution in [0, 0.1) is 0 Å². The zero-order chi connectivity index (χ0) is 19.8. The van der Waals surface area contributed by atoms with Crippen molar-refractivity contribution < 1.29 is 28.7 Å². The summed E-state index contributed by atoms with van der Waals surface area (Å²) in [4.78, 5) is 48.6. The standard InChI is InChI=1S/C19H24N2O6/c1-3-27-19(25)12-15(13-5-4-6-14(11-13)26-2)20-16(22)9-10-21-17(23)7-8-18(21)24/h4-6,11,15H,3,7-10,12H2,1-2H3,(H,20,22). The lowest BCUT2D eigenvalue weighted by Gasteiger charge is -2.20. The van der Waals surface area contributed by atoms with E-state index < -0.39 is 12.0 Å². The number of carbonyl (C=O) groups excluding carboxylic acids is 4. The van der Waals surface area contributed by atoms with Gasteiger partial charge in [0.05, 0.1) is 26.2 Å². The van der Waals surface area contributed by atoms with Crippen molar-refractivity contribution in [2.24, 2.45) is 0 Å². The van der Waals surface area contributed by atoms with E-state index in [1.54, 1.807) is 31.2 Å². The fourth-order valence-corrected chi connectivity index (χ4v) is 2.85. The SMILES string of the molecule is CCOC(=O)CC(NC(=O)CCN1C(=O)CCC1=O)c1cccc(OC)c1. The van der Waals surface area contributed by atoms with E-state index in [0.29, 0.717) is 11.3 Å². The van der Waals surface area contributed by atoms with Crippen LogP contribution in [0.3, 0.4) is 0 Å². The quantitative estimate of drug-likeness (QED) is 0.515. The summed E-state index contributed by atoms with van der Waals surface area (Å²) in [5, 5.41) is 2.78. The lowest BCUT2D eigenvalue weighted by Crippen LogP contribution is -2.36. The van der Waals surface area contributed by atoms with E-state index in [9.17, 15) is 19.2 Å². The molecule has 1 N–H and O–H groups in total. The molecular formula is C19H24N2O6. The number of carbonyl (C=O) groups is 4. The highest BCUT2D eigenvalue weighted by molar-refractivity contribution is 6.02. The number of nitrogens with zero attached hydrogens (tertiary/aromatic N) is 1. The van der Waals surface area contributed by atoms with Crippen molar-refractivity contribution in [1.29, 1.82) is 0 Å². The molecule has 1 unspecified atom stereocenters. The lowest BCUT2D eigenvalue weighted by atomic mass is 10.0. The Balaban J connectivity index is 2.03. The first-order chi connectivity index (χ1) is 12.9. The van der Waals surface area contributed by atoms with Crippen molar-refractivity contribution in [1.82, 2.24) is 10.2 Å². The molecule has 8 nitrogen and oxygen atoms in total. The lowest BCUT2D eigenvalue weighted by molar-refractivity contribution is -0.144. The molecule has 0 spiro atoms. The Morgan fingerprint density at radius 2 is 1.93 bits per heavy atom. The summed E-state index contributed by atoms with van der Waals surface area (Å²) < 4.78 is 10.2. The fraction of sp³-hybridized carbons (Fsp3) is 0.474. The van der Waals surface area contributed by atoms with Crippen molar-refractivity contribution >= 4 is 23.7 Å². The number of ether oxygens (including phenoxy) is 2. The number of likely N-dealkylation sites (tertiary alicyclic amines) is 1. The smallest absolute Gasteiger partial charge is 0.308 e. The summed E-state index contributed by atoms with van der Waals surface area (Å²) in [6.45, 7) is 1.99. The van der Waals surface area contributed by atoms with Gasteiger partial charge in [-0.15, -0.1) is 0 Å². The van der Waals surface area contributed by atoms with Crippen LogP contribution in [0.2, 0.25) is 0 Å². The number of rotatable bonds is 9. The molecule has 1 aromatic rings. The Labute approximate surface area is 157 Å². The minimum Gasteiger partial charge on any atom is -0.497 e. The minimum atomic E-state index is -0.600. The largest absolute Gasteiger partial charge is 0.497 e. The van der Waals surface area contributed by atoms with Crippen LogP contribution in [0.15, 0.2) is 24.3 Å². The molecule has 0 bridgehead atoms. The summed E-state index contributed by atoms with van der Waals surface area (Å²) in [5.74, 6) is -0.716. The third-order valence-corrected chi connectivity index (χ3v) is 4.22. The van der Waals surface area contributed by atoms with Crippen molar-refractivity contribution in [2.45, 2.75) is 38.6 Å². The monoisotopic (exact) mass is 376 g/mol. The van der Waals surface area contributed by atoms with E-state index in [4.69, 9.17) is 9.47 Å². The molecule has 146 valence electrons. The third-order valence-electron chi connectivity index (χ3n) is 4.22. The van der Waals surface area contributed by atoms with Gasteiger partial charge in [-0.3, -0.25) is 24.1 Å². The van der Waals surface area contributed by atoms with Gasteiger partial charge < -0.3 is 14.8 Å². The first-order valence-corrected chi connectivity index (χ1v) is 8.86. The van der Waals surface area contributed by atoms with Crippen LogP contribution in [0.1, 0.15) is 44.2 Å². The Hall–Kier alpha value is -2.90. The summed E-state index contributed by atoms with van der Waals surface area (Å²) in [6, 6.07) is 6.44. The first kappa shape index (κ1) is 20.4. The number of esters is 1. The van der Waals surface area contributed by atoms with E-state index in [1.165, 1.54) is 7.11 Å². The highest BCUT2D eigenvalue weighted by Crippen LogP contribution is 2.22. The van der Waals surface area contributed by atoms with E-state index in [1.807, 2.05) is 0 Å². The molecule has 1 aromatic carbocycles. The van der Waals surface area contributed by atoms with Crippen LogP contribution in [-0.4, -0.2) is 48.9 Å². The second-order valence-corrected chi connectivity index (χ2v) is 6.09. The molecular weight excluding hydrogens is 352 g/mol. The first-order valence-electron chi connectivity index (χ1n) is 8.86. The number of nitrogens with one attached hydrogen (secondary N) is 1.